The van der Waals surface area contributed by atoms with Crippen LogP contribution < -0.4 is 5.14 Å². The van der Waals surface area contributed by atoms with E-state index in [1.807, 2.05) is 6.92 Å². The van der Waals surface area contributed by atoms with E-state index in [9.17, 15) is 13.2 Å². The number of carbonyl (C=O) groups is 1. The van der Waals surface area contributed by atoms with Crippen LogP contribution >= 0.6 is 11.3 Å². The first-order valence-corrected chi connectivity index (χ1v) is 6.98. The van der Waals surface area contributed by atoms with Crippen LogP contribution in [0, 0.1) is 0 Å². The molecular formula is C9H13NO3S2. The van der Waals surface area contributed by atoms with Crippen LogP contribution in [0.1, 0.15) is 24.6 Å². The van der Waals surface area contributed by atoms with Gasteiger partial charge in [0, 0.05) is 23.1 Å². The summed E-state index contributed by atoms with van der Waals surface area (Å²) >= 11 is 1.25. The molecule has 0 saturated heterocycles. The number of primary sulfonamides is 1. The second kappa shape index (κ2) is 4.87. The summed E-state index contributed by atoms with van der Waals surface area (Å²) in [4.78, 5) is 12.1. The molecule has 0 amide bonds. The van der Waals surface area contributed by atoms with Crippen LogP contribution in [0.5, 0.6) is 0 Å². The fraction of sp³-hybridized carbons (Fsp3) is 0.444. The molecule has 0 aliphatic rings. The summed E-state index contributed by atoms with van der Waals surface area (Å²) in [6.45, 7) is 1.93. The van der Waals surface area contributed by atoms with Crippen molar-refractivity contribution in [3.05, 3.63) is 16.3 Å². The lowest BCUT2D eigenvalue weighted by molar-refractivity contribution is -0.118. The number of ketones is 1. The van der Waals surface area contributed by atoms with Gasteiger partial charge < -0.3 is 0 Å². The van der Waals surface area contributed by atoms with E-state index in [0.717, 1.165) is 11.3 Å². The van der Waals surface area contributed by atoms with E-state index in [0.29, 0.717) is 12.8 Å². The molecule has 6 heteroatoms. The number of carbonyl (C=O) groups excluding carboxylic acids is 1. The first kappa shape index (κ1) is 12.4. The van der Waals surface area contributed by atoms with Crippen molar-refractivity contribution in [1.29, 1.82) is 0 Å². The van der Waals surface area contributed by atoms with Gasteiger partial charge in [-0.15, -0.1) is 11.3 Å². The number of thiophene rings is 1. The second-order valence-corrected chi connectivity index (χ2v) is 5.82. The number of hydrogen-bond donors (Lipinski definition) is 1. The molecule has 84 valence electrons. The fourth-order valence-electron chi connectivity index (χ4n) is 1.16. The first-order valence-electron chi connectivity index (χ1n) is 4.55. The van der Waals surface area contributed by atoms with Gasteiger partial charge in [-0.3, -0.25) is 4.79 Å². The maximum Gasteiger partial charge on any atom is 0.238 e. The molecule has 0 spiro atoms. The van der Waals surface area contributed by atoms with E-state index in [-0.39, 0.29) is 10.7 Å². The van der Waals surface area contributed by atoms with Crippen molar-refractivity contribution < 1.29 is 13.2 Å². The molecule has 0 fully saturated rings. The lowest BCUT2D eigenvalue weighted by Gasteiger charge is -1.94. The standard InChI is InChI=1S/C9H13NO3S2/c1-2-3-7(11)4-8-5-9(6-14-8)15(10,12)13/h5-6H,2-4H2,1H3,(H2,10,12,13). The van der Waals surface area contributed by atoms with Crippen molar-refractivity contribution in [2.75, 3.05) is 0 Å². The number of sulfonamides is 1. The molecule has 0 radical (unpaired) electrons. The molecule has 1 aromatic rings. The average Bonchev–Trinajstić information content (AvgIpc) is 2.52. The zero-order chi connectivity index (χ0) is 11.5. The van der Waals surface area contributed by atoms with E-state index in [1.54, 1.807) is 0 Å². The van der Waals surface area contributed by atoms with Gasteiger partial charge in [0.1, 0.15) is 5.78 Å². The van der Waals surface area contributed by atoms with Crippen LogP contribution in [0.2, 0.25) is 0 Å². The minimum atomic E-state index is -3.63. The summed E-state index contributed by atoms with van der Waals surface area (Å²) in [7, 11) is -3.63. The predicted molar refractivity (Wildman–Crippen MR) is 59.3 cm³/mol. The fourth-order valence-corrected chi connectivity index (χ4v) is 3.00. The normalized spacial score (nSPS) is 11.6. The molecule has 0 bridgehead atoms. The highest BCUT2D eigenvalue weighted by atomic mass is 32.2. The summed E-state index contributed by atoms with van der Waals surface area (Å²) in [5, 5.41) is 6.42. The molecule has 15 heavy (non-hydrogen) atoms. The molecule has 1 aromatic heterocycles. The lowest BCUT2D eigenvalue weighted by atomic mass is 10.1. The molecule has 1 rings (SSSR count). The zero-order valence-corrected chi connectivity index (χ0v) is 10.0. The number of Topliss-reactive ketones (excluding diaryl/α,β-unsaturated/α-hetero) is 1. The Morgan fingerprint density at radius 3 is 2.67 bits per heavy atom. The lowest BCUT2D eigenvalue weighted by Crippen LogP contribution is -2.10. The largest absolute Gasteiger partial charge is 0.299 e. The molecular weight excluding hydrogens is 234 g/mol. The van der Waals surface area contributed by atoms with Crippen molar-refractivity contribution in [2.24, 2.45) is 5.14 Å². The van der Waals surface area contributed by atoms with Gasteiger partial charge in [0.05, 0.1) is 4.90 Å². The third-order valence-corrected chi connectivity index (χ3v) is 3.84. The Balaban J connectivity index is 2.73. The Kier molecular flexibility index (Phi) is 4.01. The van der Waals surface area contributed by atoms with Crippen molar-refractivity contribution in [1.82, 2.24) is 0 Å². The molecule has 0 saturated carbocycles. The topological polar surface area (TPSA) is 77.2 Å². The van der Waals surface area contributed by atoms with Crippen LogP contribution in [0.15, 0.2) is 16.3 Å². The highest BCUT2D eigenvalue weighted by Crippen LogP contribution is 2.19. The Labute approximate surface area is 93.2 Å². The van der Waals surface area contributed by atoms with E-state index in [2.05, 4.69) is 0 Å². The smallest absolute Gasteiger partial charge is 0.238 e. The molecule has 0 aliphatic carbocycles. The van der Waals surface area contributed by atoms with Crippen molar-refractivity contribution in [3.63, 3.8) is 0 Å². The molecule has 0 aromatic carbocycles. The molecule has 4 nitrogen and oxygen atoms in total. The average molecular weight is 247 g/mol. The Morgan fingerprint density at radius 1 is 1.53 bits per heavy atom. The van der Waals surface area contributed by atoms with Crippen LogP contribution in [0.3, 0.4) is 0 Å². The maximum absolute atomic E-state index is 11.3. The van der Waals surface area contributed by atoms with E-state index >= 15 is 0 Å². The highest BCUT2D eigenvalue weighted by molar-refractivity contribution is 7.89. The third kappa shape index (κ3) is 3.73. The second-order valence-electron chi connectivity index (χ2n) is 3.26. The number of rotatable bonds is 5. The predicted octanol–water partition coefficient (Wildman–Crippen LogP) is 1.31. The van der Waals surface area contributed by atoms with Gasteiger partial charge in [-0.2, -0.15) is 0 Å². The van der Waals surface area contributed by atoms with Gasteiger partial charge in [-0.25, -0.2) is 13.6 Å². The van der Waals surface area contributed by atoms with Gasteiger partial charge >= 0.3 is 0 Å². The van der Waals surface area contributed by atoms with Crippen molar-refractivity contribution in [2.45, 2.75) is 31.1 Å². The van der Waals surface area contributed by atoms with E-state index in [1.165, 1.54) is 22.8 Å². The zero-order valence-electron chi connectivity index (χ0n) is 8.39. The van der Waals surface area contributed by atoms with Gasteiger partial charge in [-0.05, 0) is 12.5 Å². The van der Waals surface area contributed by atoms with Crippen LogP contribution in [0.25, 0.3) is 0 Å². The minimum absolute atomic E-state index is 0.0896. The number of hydrogen-bond acceptors (Lipinski definition) is 4. The maximum atomic E-state index is 11.3. The van der Waals surface area contributed by atoms with Gasteiger partial charge in [0.15, 0.2) is 0 Å². The van der Waals surface area contributed by atoms with Crippen LogP contribution in [-0.4, -0.2) is 14.2 Å². The molecule has 0 aliphatic heterocycles. The van der Waals surface area contributed by atoms with E-state index < -0.39 is 10.0 Å². The first-order chi connectivity index (χ1) is 6.93. The molecule has 0 atom stereocenters. The van der Waals surface area contributed by atoms with E-state index in [4.69, 9.17) is 5.14 Å². The van der Waals surface area contributed by atoms with Gasteiger partial charge in [-0.1, -0.05) is 6.92 Å². The monoisotopic (exact) mass is 247 g/mol. The van der Waals surface area contributed by atoms with Crippen LogP contribution in [-0.2, 0) is 21.2 Å². The summed E-state index contributed by atoms with van der Waals surface area (Å²) in [5.74, 6) is 0.125. The third-order valence-electron chi connectivity index (χ3n) is 1.86. The molecule has 0 unspecified atom stereocenters. The number of nitrogens with two attached hydrogens (primary N) is 1. The summed E-state index contributed by atoms with van der Waals surface area (Å²) in [5.41, 5.74) is 0. The van der Waals surface area contributed by atoms with Gasteiger partial charge in [0.25, 0.3) is 0 Å². The molecule has 2 N–H and O–H groups in total. The van der Waals surface area contributed by atoms with Crippen LogP contribution in [0.4, 0.5) is 0 Å². The summed E-state index contributed by atoms with van der Waals surface area (Å²) < 4.78 is 21.9. The Hall–Kier alpha value is -0.720. The van der Waals surface area contributed by atoms with Gasteiger partial charge in [0.2, 0.25) is 10.0 Å². The molecule has 1 heterocycles. The summed E-state index contributed by atoms with van der Waals surface area (Å²) in [6.07, 6.45) is 1.64. The van der Waals surface area contributed by atoms with Crippen molar-refractivity contribution >= 4 is 27.1 Å². The highest BCUT2D eigenvalue weighted by Gasteiger charge is 2.12. The Morgan fingerprint density at radius 2 is 2.20 bits per heavy atom. The summed E-state index contributed by atoms with van der Waals surface area (Å²) in [6, 6.07) is 1.47. The Bertz CT molecular complexity index is 448. The quantitative estimate of drug-likeness (QED) is 0.852. The van der Waals surface area contributed by atoms with Crippen molar-refractivity contribution in [3.8, 4) is 0 Å². The minimum Gasteiger partial charge on any atom is -0.299 e. The SMILES string of the molecule is CCCC(=O)Cc1cc(S(N)(=O)=O)cs1.